The van der Waals surface area contributed by atoms with Crippen molar-refractivity contribution in [1.82, 2.24) is 29.3 Å². The number of imidazole rings is 1. The second kappa shape index (κ2) is 8.17. The predicted octanol–water partition coefficient (Wildman–Crippen LogP) is 2.87. The summed E-state index contributed by atoms with van der Waals surface area (Å²) in [5, 5.41) is 9.04. The zero-order chi connectivity index (χ0) is 17.6. The van der Waals surface area contributed by atoms with E-state index in [1.165, 1.54) is 24.2 Å². The van der Waals surface area contributed by atoms with E-state index >= 15 is 0 Å². The van der Waals surface area contributed by atoms with Gasteiger partial charge in [0.2, 0.25) is 0 Å². The van der Waals surface area contributed by atoms with Crippen LogP contribution in [0.3, 0.4) is 0 Å². The zero-order valence-corrected chi connectivity index (χ0v) is 14.2. The minimum absolute atomic E-state index is 0.263. The van der Waals surface area contributed by atoms with Gasteiger partial charge in [-0.1, -0.05) is 11.8 Å². The van der Waals surface area contributed by atoms with Crippen molar-refractivity contribution in [2.45, 2.75) is 24.0 Å². The lowest BCUT2D eigenvalue weighted by molar-refractivity contribution is 0.0678. The minimum Gasteiger partial charge on any atom is -0.383 e. The van der Waals surface area contributed by atoms with Crippen LogP contribution in [-0.2, 0) is 17.0 Å². The van der Waals surface area contributed by atoms with Crippen LogP contribution in [-0.4, -0.2) is 43.0 Å². The highest BCUT2D eigenvalue weighted by Gasteiger charge is 2.17. The van der Waals surface area contributed by atoms with Crippen LogP contribution in [0.4, 0.5) is 8.78 Å². The van der Waals surface area contributed by atoms with Gasteiger partial charge in [-0.05, 0) is 12.1 Å². The monoisotopic (exact) mass is 366 g/mol. The minimum atomic E-state index is -2.61. The molecule has 0 aliphatic heterocycles. The maximum absolute atomic E-state index is 12.9. The van der Waals surface area contributed by atoms with Crippen LogP contribution in [0.15, 0.2) is 42.1 Å². The van der Waals surface area contributed by atoms with E-state index in [0.717, 1.165) is 10.1 Å². The lowest BCUT2D eigenvalue weighted by Crippen LogP contribution is -2.08. The summed E-state index contributed by atoms with van der Waals surface area (Å²) in [5.41, 5.74) is 0.875. The Morgan fingerprint density at radius 3 is 2.72 bits per heavy atom. The van der Waals surface area contributed by atoms with E-state index in [2.05, 4.69) is 20.2 Å². The van der Waals surface area contributed by atoms with Crippen molar-refractivity contribution in [2.75, 3.05) is 13.7 Å². The van der Waals surface area contributed by atoms with E-state index in [4.69, 9.17) is 4.74 Å². The average molecular weight is 366 g/mol. The molecule has 25 heavy (non-hydrogen) atoms. The molecule has 3 aromatic heterocycles. The van der Waals surface area contributed by atoms with Gasteiger partial charge in [0.1, 0.15) is 5.82 Å². The molecule has 3 aromatic rings. The lowest BCUT2D eigenvalue weighted by Gasteiger charge is -2.10. The van der Waals surface area contributed by atoms with Gasteiger partial charge in [0.15, 0.2) is 11.0 Å². The summed E-state index contributed by atoms with van der Waals surface area (Å²) in [7, 11) is 1.61. The second-order valence-corrected chi connectivity index (χ2v) is 5.95. The van der Waals surface area contributed by atoms with Gasteiger partial charge in [-0.15, -0.1) is 10.2 Å². The molecule has 0 N–H and O–H groups in total. The van der Waals surface area contributed by atoms with Crippen molar-refractivity contribution in [3.05, 3.63) is 42.7 Å². The molecule has 10 heteroatoms. The van der Waals surface area contributed by atoms with E-state index in [9.17, 15) is 8.78 Å². The number of methoxy groups -OCH3 is 1. The van der Waals surface area contributed by atoms with Crippen molar-refractivity contribution in [1.29, 1.82) is 0 Å². The molecule has 0 aliphatic rings. The van der Waals surface area contributed by atoms with E-state index in [0.29, 0.717) is 24.1 Å². The highest BCUT2D eigenvalue weighted by atomic mass is 32.2. The Kier molecular flexibility index (Phi) is 5.71. The number of nitrogens with zero attached hydrogens (tertiary/aromatic N) is 6. The first-order chi connectivity index (χ1) is 12.2. The van der Waals surface area contributed by atoms with Crippen molar-refractivity contribution in [3.63, 3.8) is 0 Å². The second-order valence-electron chi connectivity index (χ2n) is 5.00. The number of aromatic nitrogens is 6. The van der Waals surface area contributed by atoms with Crippen molar-refractivity contribution >= 4 is 11.8 Å². The Bertz CT molecular complexity index is 807. The number of hydrogen-bond donors (Lipinski definition) is 0. The summed E-state index contributed by atoms with van der Waals surface area (Å²) in [6.07, 6.45) is 5.98. The lowest BCUT2D eigenvalue weighted by atomic mass is 10.2. The third-order valence-corrected chi connectivity index (χ3v) is 4.43. The molecule has 0 atom stereocenters. The van der Waals surface area contributed by atoms with Crippen LogP contribution in [0.2, 0.25) is 0 Å². The maximum Gasteiger partial charge on any atom is 0.319 e. The topological polar surface area (TPSA) is 70.7 Å². The van der Waals surface area contributed by atoms with Gasteiger partial charge in [0, 0.05) is 37.5 Å². The molecule has 0 amide bonds. The largest absolute Gasteiger partial charge is 0.383 e. The zero-order valence-electron chi connectivity index (χ0n) is 13.4. The molecule has 132 valence electrons. The summed E-state index contributed by atoms with van der Waals surface area (Å²) < 4.78 is 33.7. The standard InChI is InChI=1S/C15H16F2N6OS/c1-24-9-8-23-13(11-2-4-18-5-3-11)20-21-15(23)25-10-12-19-6-7-22(12)14(16)17/h2-7,14H,8-10H2,1H3. The van der Waals surface area contributed by atoms with Crippen LogP contribution in [0.1, 0.15) is 12.4 Å². The van der Waals surface area contributed by atoms with Gasteiger partial charge in [-0.25, -0.2) is 4.98 Å². The number of halogens is 2. The SMILES string of the molecule is COCCn1c(SCc2nccn2C(F)F)nnc1-c1ccncc1. The molecule has 3 rings (SSSR count). The van der Waals surface area contributed by atoms with Gasteiger partial charge in [0.25, 0.3) is 0 Å². The predicted molar refractivity (Wildman–Crippen MR) is 88.2 cm³/mol. The molecule has 7 nitrogen and oxygen atoms in total. The van der Waals surface area contributed by atoms with Gasteiger partial charge in [0.05, 0.1) is 18.9 Å². The van der Waals surface area contributed by atoms with Crippen molar-refractivity contribution < 1.29 is 13.5 Å². The first-order valence-corrected chi connectivity index (χ1v) is 8.44. The Labute approximate surface area is 147 Å². The van der Waals surface area contributed by atoms with Gasteiger partial charge in [-0.2, -0.15) is 8.78 Å². The Hall–Kier alpha value is -2.33. The molecule has 0 aliphatic carbocycles. The van der Waals surface area contributed by atoms with E-state index in [1.807, 2.05) is 16.7 Å². The summed E-state index contributed by atoms with van der Waals surface area (Å²) in [5.74, 6) is 1.23. The number of ether oxygens (including phenoxy) is 1. The Morgan fingerprint density at radius 1 is 1.20 bits per heavy atom. The summed E-state index contributed by atoms with van der Waals surface area (Å²) in [4.78, 5) is 7.98. The number of alkyl halides is 2. The van der Waals surface area contributed by atoms with Crippen molar-refractivity contribution in [2.24, 2.45) is 0 Å². The van der Waals surface area contributed by atoms with Gasteiger partial charge >= 0.3 is 6.55 Å². The third-order valence-electron chi connectivity index (χ3n) is 3.46. The van der Waals surface area contributed by atoms with Gasteiger partial charge in [-0.3, -0.25) is 14.1 Å². The molecule has 0 aromatic carbocycles. The first kappa shape index (κ1) is 17.5. The molecule has 0 fully saturated rings. The smallest absolute Gasteiger partial charge is 0.319 e. The fourth-order valence-electron chi connectivity index (χ4n) is 2.26. The molecule has 0 spiro atoms. The number of thioether (sulfide) groups is 1. The highest BCUT2D eigenvalue weighted by molar-refractivity contribution is 7.98. The van der Waals surface area contributed by atoms with Gasteiger partial charge < -0.3 is 4.74 Å². The van der Waals surface area contributed by atoms with Crippen LogP contribution in [0.25, 0.3) is 11.4 Å². The third kappa shape index (κ3) is 4.02. The van der Waals surface area contributed by atoms with Crippen molar-refractivity contribution in [3.8, 4) is 11.4 Å². The number of pyridine rings is 1. The number of hydrogen-bond acceptors (Lipinski definition) is 6. The first-order valence-electron chi connectivity index (χ1n) is 7.46. The summed E-state index contributed by atoms with van der Waals surface area (Å²) >= 11 is 1.30. The van der Waals surface area contributed by atoms with Crippen LogP contribution in [0.5, 0.6) is 0 Å². The van der Waals surface area contributed by atoms with E-state index in [-0.39, 0.29) is 11.6 Å². The molecule has 0 bridgehead atoms. The average Bonchev–Trinajstić information content (AvgIpc) is 3.25. The molecule has 0 radical (unpaired) electrons. The summed E-state index contributed by atoms with van der Waals surface area (Å²) in [6.45, 7) is -1.58. The quantitative estimate of drug-likeness (QED) is 0.571. The van der Waals surface area contributed by atoms with Crippen LogP contribution >= 0.6 is 11.8 Å². The molecule has 0 unspecified atom stereocenters. The summed E-state index contributed by atoms with van der Waals surface area (Å²) in [6, 6.07) is 3.68. The fourth-order valence-corrected chi connectivity index (χ4v) is 3.17. The van der Waals surface area contributed by atoms with E-state index in [1.54, 1.807) is 19.5 Å². The molecule has 0 saturated heterocycles. The maximum atomic E-state index is 12.9. The Morgan fingerprint density at radius 2 is 2.00 bits per heavy atom. The van der Waals surface area contributed by atoms with E-state index < -0.39 is 6.55 Å². The molecule has 3 heterocycles. The fraction of sp³-hybridized carbons (Fsp3) is 0.333. The highest BCUT2D eigenvalue weighted by Crippen LogP contribution is 2.26. The molecular formula is C15H16F2N6OS. The number of rotatable bonds is 8. The normalized spacial score (nSPS) is 11.4. The van der Waals surface area contributed by atoms with Crippen LogP contribution in [0, 0.1) is 0 Å². The van der Waals surface area contributed by atoms with Crippen LogP contribution < -0.4 is 0 Å². The Balaban J connectivity index is 1.83. The molecular weight excluding hydrogens is 350 g/mol. The molecule has 0 saturated carbocycles.